The quantitative estimate of drug-likeness (QED) is 0.159. The van der Waals surface area contributed by atoms with E-state index in [4.69, 9.17) is 4.42 Å². The molecule has 1 aromatic heterocycles. The predicted octanol–water partition coefficient (Wildman–Crippen LogP) is 6.15. The standard InChI is InChI=1S/C24H17BrN2O6S/c1-13-9-18(19(27(31)32)10-14(13)2)21-8-7-17(33-21)11-22-23(29)26(24(30)34-22)12-20(28)15-3-5-16(25)6-4-15/h3-11H,12H2,1-2H3/b22-11-. The van der Waals surface area contributed by atoms with Crippen molar-refractivity contribution in [1.82, 2.24) is 4.90 Å². The minimum atomic E-state index is -0.601. The van der Waals surface area contributed by atoms with E-state index >= 15 is 0 Å². The van der Waals surface area contributed by atoms with Gasteiger partial charge in [-0.25, -0.2) is 0 Å². The number of ketones is 1. The lowest BCUT2D eigenvalue weighted by Gasteiger charge is -2.11. The van der Waals surface area contributed by atoms with E-state index in [0.717, 1.165) is 20.5 Å². The van der Waals surface area contributed by atoms with Gasteiger partial charge in [-0.1, -0.05) is 28.1 Å². The highest BCUT2D eigenvalue weighted by Gasteiger charge is 2.36. The summed E-state index contributed by atoms with van der Waals surface area (Å²) in [6, 6.07) is 12.9. The zero-order chi connectivity index (χ0) is 24.6. The summed E-state index contributed by atoms with van der Waals surface area (Å²) in [5.41, 5.74) is 2.28. The Bertz CT molecular complexity index is 1380. The maximum Gasteiger partial charge on any atom is 0.293 e. The summed E-state index contributed by atoms with van der Waals surface area (Å²) in [6.07, 6.45) is 1.39. The first-order valence-corrected chi connectivity index (χ1v) is 11.6. The van der Waals surface area contributed by atoms with Gasteiger partial charge in [0.1, 0.15) is 11.5 Å². The molecule has 34 heavy (non-hydrogen) atoms. The van der Waals surface area contributed by atoms with Crippen molar-refractivity contribution in [2.45, 2.75) is 13.8 Å². The molecule has 0 aliphatic carbocycles. The lowest BCUT2D eigenvalue weighted by molar-refractivity contribution is -0.384. The Morgan fingerprint density at radius 2 is 1.79 bits per heavy atom. The van der Waals surface area contributed by atoms with Crippen molar-refractivity contribution in [3.63, 3.8) is 0 Å². The molecule has 0 spiro atoms. The minimum Gasteiger partial charge on any atom is -0.456 e. The smallest absolute Gasteiger partial charge is 0.293 e. The summed E-state index contributed by atoms with van der Waals surface area (Å²) in [4.78, 5) is 49.7. The number of amides is 2. The number of halogens is 1. The molecule has 0 radical (unpaired) electrons. The predicted molar refractivity (Wildman–Crippen MR) is 131 cm³/mol. The number of aryl methyl sites for hydroxylation is 2. The van der Waals surface area contributed by atoms with Crippen LogP contribution >= 0.6 is 27.7 Å². The monoisotopic (exact) mass is 540 g/mol. The van der Waals surface area contributed by atoms with Crippen LogP contribution in [0.3, 0.4) is 0 Å². The Hall–Kier alpha value is -3.50. The second-order valence-corrected chi connectivity index (χ2v) is 9.52. The molecule has 1 fully saturated rings. The number of Topliss-reactive ketones (excluding diaryl/α,β-unsaturated/α-hetero) is 1. The Morgan fingerprint density at radius 3 is 2.47 bits per heavy atom. The van der Waals surface area contributed by atoms with E-state index in [1.165, 1.54) is 12.1 Å². The molecule has 2 aromatic carbocycles. The molecule has 2 amide bonds. The van der Waals surface area contributed by atoms with Crippen molar-refractivity contribution in [3.8, 4) is 11.3 Å². The summed E-state index contributed by atoms with van der Waals surface area (Å²) in [7, 11) is 0. The normalized spacial score (nSPS) is 14.8. The second kappa shape index (κ2) is 9.40. The van der Waals surface area contributed by atoms with Gasteiger partial charge >= 0.3 is 0 Å². The summed E-state index contributed by atoms with van der Waals surface area (Å²) < 4.78 is 6.56. The molecule has 0 saturated carbocycles. The molecule has 0 atom stereocenters. The summed E-state index contributed by atoms with van der Waals surface area (Å²) >= 11 is 4.00. The molecule has 0 N–H and O–H groups in total. The van der Waals surface area contributed by atoms with E-state index in [-0.39, 0.29) is 34.4 Å². The van der Waals surface area contributed by atoms with Crippen LogP contribution in [0.15, 0.2) is 62.3 Å². The molecule has 4 rings (SSSR count). The van der Waals surface area contributed by atoms with E-state index in [1.54, 1.807) is 49.4 Å². The number of carbonyl (C=O) groups excluding carboxylic acids is 3. The molecule has 2 heterocycles. The van der Waals surface area contributed by atoms with E-state index in [2.05, 4.69) is 15.9 Å². The number of rotatable bonds is 6. The van der Waals surface area contributed by atoms with Gasteiger partial charge in [0.25, 0.3) is 16.8 Å². The van der Waals surface area contributed by atoms with Crippen LogP contribution in [-0.2, 0) is 4.79 Å². The highest BCUT2D eigenvalue weighted by atomic mass is 79.9. The van der Waals surface area contributed by atoms with Crippen molar-refractivity contribution < 1.29 is 23.7 Å². The molecule has 10 heteroatoms. The van der Waals surface area contributed by atoms with Gasteiger partial charge in [-0.05, 0) is 67.1 Å². The van der Waals surface area contributed by atoms with Crippen LogP contribution in [0.4, 0.5) is 10.5 Å². The van der Waals surface area contributed by atoms with Gasteiger partial charge in [0.15, 0.2) is 5.78 Å². The molecule has 3 aromatic rings. The second-order valence-electron chi connectivity index (χ2n) is 7.61. The first-order valence-electron chi connectivity index (χ1n) is 10.0. The number of thioether (sulfide) groups is 1. The van der Waals surface area contributed by atoms with E-state index in [1.807, 2.05) is 6.92 Å². The van der Waals surface area contributed by atoms with Gasteiger partial charge in [-0.15, -0.1) is 0 Å². The third-order valence-corrected chi connectivity index (χ3v) is 6.75. The maximum atomic E-state index is 12.8. The number of imide groups is 1. The molecule has 1 aliphatic heterocycles. The van der Waals surface area contributed by atoms with Crippen LogP contribution in [0, 0.1) is 24.0 Å². The average Bonchev–Trinajstić information content (AvgIpc) is 3.36. The molecule has 0 unspecified atom stereocenters. The lowest BCUT2D eigenvalue weighted by Crippen LogP contribution is -2.33. The molecule has 0 bridgehead atoms. The summed E-state index contributed by atoms with van der Waals surface area (Å²) in [5.74, 6) is -0.438. The van der Waals surface area contributed by atoms with Crippen molar-refractivity contribution in [2.24, 2.45) is 0 Å². The number of nitro groups is 1. The van der Waals surface area contributed by atoms with E-state index in [0.29, 0.717) is 22.9 Å². The molecule has 1 aliphatic rings. The average molecular weight is 541 g/mol. The van der Waals surface area contributed by atoms with E-state index in [9.17, 15) is 24.5 Å². The van der Waals surface area contributed by atoms with Gasteiger partial charge in [0.2, 0.25) is 0 Å². The van der Waals surface area contributed by atoms with Crippen LogP contribution in [0.5, 0.6) is 0 Å². The maximum absolute atomic E-state index is 12.8. The number of carbonyl (C=O) groups is 3. The highest BCUT2D eigenvalue weighted by molar-refractivity contribution is 9.10. The Kier molecular flexibility index (Phi) is 6.54. The number of nitrogens with zero attached hydrogens (tertiary/aromatic N) is 2. The minimum absolute atomic E-state index is 0.0872. The van der Waals surface area contributed by atoms with Crippen molar-refractivity contribution in [2.75, 3.05) is 6.54 Å². The number of hydrogen-bond acceptors (Lipinski definition) is 7. The van der Waals surface area contributed by atoms with Gasteiger partial charge in [-0.2, -0.15) is 0 Å². The van der Waals surface area contributed by atoms with Crippen LogP contribution in [0.2, 0.25) is 0 Å². The molecule has 8 nitrogen and oxygen atoms in total. The summed E-state index contributed by atoms with van der Waals surface area (Å²) in [5, 5.41) is 10.9. The summed E-state index contributed by atoms with van der Waals surface area (Å²) in [6.45, 7) is 3.26. The van der Waals surface area contributed by atoms with Crippen LogP contribution in [0.1, 0.15) is 27.2 Å². The van der Waals surface area contributed by atoms with Gasteiger partial charge < -0.3 is 4.42 Å². The van der Waals surface area contributed by atoms with Crippen LogP contribution < -0.4 is 0 Å². The number of benzene rings is 2. The molecular weight excluding hydrogens is 524 g/mol. The number of hydrogen-bond donors (Lipinski definition) is 0. The zero-order valence-electron chi connectivity index (χ0n) is 18.0. The largest absolute Gasteiger partial charge is 0.456 e. The fourth-order valence-corrected chi connectivity index (χ4v) is 4.44. The molecular formula is C24H17BrN2O6S. The third-order valence-electron chi connectivity index (χ3n) is 5.32. The first kappa shape index (κ1) is 23.7. The highest BCUT2D eigenvalue weighted by Crippen LogP contribution is 2.36. The van der Waals surface area contributed by atoms with Gasteiger partial charge in [-0.3, -0.25) is 29.4 Å². The first-order chi connectivity index (χ1) is 16.1. The number of furan rings is 1. The Balaban J connectivity index is 1.56. The topological polar surface area (TPSA) is 111 Å². The van der Waals surface area contributed by atoms with Crippen LogP contribution in [-0.4, -0.2) is 33.3 Å². The molecule has 172 valence electrons. The zero-order valence-corrected chi connectivity index (χ0v) is 20.4. The third kappa shape index (κ3) is 4.73. The van der Waals surface area contributed by atoms with Gasteiger partial charge in [0, 0.05) is 22.2 Å². The Morgan fingerprint density at radius 1 is 1.12 bits per heavy atom. The van der Waals surface area contributed by atoms with Crippen LogP contribution in [0.25, 0.3) is 17.4 Å². The fraction of sp³-hybridized carbons (Fsp3) is 0.125. The van der Waals surface area contributed by atoms with E-state index < -0.39 is 16.1 Å². The van der Waals surface area contributed by atoms with Gasteiger partial charge in [0.05, 0.1) is 21.9 Å². The lowest BCUT2D eigenvalue weighted by atomic mass is 10.0. The van der Waals surface area contributed by atoms with Crippen molar-refractivity contribution in [3.05, 3.63) is 90.5 Å². The Labute approximate surface area is 206 Å². The van der Waals surface area contributed by atoms with Crippen molar-refractivity contribution in [1.29, 1.82) is 0 Å². The SMILES string of the molecule is Cc1cc(-c2ccc(/C=C3\SC(=O)N(CC(=O)c4ccc(Br)cc4)C3=O)o2)c([N+](=O)[O-])cc1C. The van der Waals surface area contributed by atoms with Crippen molar-refractivity contribution >= 4 is 56.4 Å². The number of nitro benzene ring substituents is 1. The fourth-order valence-electron chi connectivity index (χ4n) is 3.36. The molecule has 1 saturated heterocycles.